The van der Waals surface area contributed by atoms with Crippen LogP contribution in [-0.2, 0) is 11.3 Å². The third kappa shape index (κ3) is 3.07. The molecule has 3 rings (SSSR count). The summed E-state index contributed by atoms with van der Waals surface area (Å²) < 4.78 is 5.53. The van der Waals surface area contributed by atoms with Crippen LogP contribution in [0.5, 0.6) is 5.75 Å². The highest BCUT2D eigenvalue weighted by Gasteiger charge is 2.25. The van der Waals surface area contributed by atoms with E-state index in [2.05, 4.69) is 23.1 Å². The third-order valence-corrected chi connectivity index (χ3v) is 4.43. The fourth-order valence-corrected chi connectivity index (χ4v) is 3.36. The number of fused-ring (bicyclic) bond motifs is 1. The van der Waals surface area contributed by atoms with Crippen LogP contribution >= 0.6 is 0 Å². The van der Waals surface area contributed by atoms with E-state index in [1.807, 2.05) is 18.2 Å². The zero-order valence-electron chi connectivity index (χ0n) is 12.8. The number of benzene rings is 2. The van der Waals surface area contributed by atoms with Gasteiger partial charge in [0.2, 0.25) is 0 Å². The Kier molecular flexibility index (Phi) is 4.29. The quantitative estimate of drug-likeness (QED) is 0.921. The van der Waals surface area contributed by atoms with E-state index >= 15 is 0 Å². The number of ether oxygens (including phenoxy) is 1. The van der Waals surface area contributed by atoms with Crippen molar-refractivity contribution in [2.75, 3.05) is 20.2 Å². The van der Waals surface area contributed by atoms with Crippen LogP contribution in [0.15, 0.2) is 36.4 Å². The van der Waals surface area contributed by atoms with E-state index in [9.17, 15) is 4.79 Å². The zero-order valence-corrected chi connectivity index (χ0v) is 12.8. The Hall–Kier alpha value is -2.07. The molecular weight excluding hydrogens is 278 g/mol. The van der Waals surface area contributed by atoms with Crippen LogP contribution in [0, 0.1) is 5.92 Å². The highest BCUT2D eigenvalue weighted by molar-refractivity contribution is 5.87. The van der Waals surface area contributed by atoms with Gasteiger partial charge in [0.15, 0.2) is 0 Å². The standard InChI is InChI=1S/C18H21NO3/c1-22-17-7-6-14-4-2-3-5-15(14)16(17)12-19-9-8-13(11-19)10-18(20)21/h2-7,13H,8-12H2,1H3,(H,20,21)/t13-/m1/s1. The van der Waals surface area contributed by atoms with Crippen molar-refractivity contribution >= 4 is 16.7 Å². The molecule has 1 fully saturated rings. The second-order valence-electron chi connectivity index (χ2n) is 5.96. The lowest BCUT2D eigenvalue weighted by Gasteiger charge is -2.19. The fourth-order valence-electron chi connectivity index (χ4n) is 3.36. The van der Waals surface area contributed by atoms with E-state index in [0.717, 1.165) is 31.8 Å². The molecule has 0 aliphatic carbocycles. The van der Waals surface area contributed by atoms with Crippen LogP contribution < -0.4 is 4.74 Å². The molecule has 1 atom stereocenters. The van der Waals surface area contributed by atoms with E-state index < -0.39 is 5.97 Å². The van der Waals surface area contributed by atoms with Crippen molar-refractivity contribution in [3.05, 3.63) is 42.0 Å². The summed E-state index contributed by atoms with van der Waals surface area (Å²) in [4.78, 5) is 13.2. The summed E-state index contributed by atoms with van der Waals surface area (Å²) >= 11 is 0. The average Bonchev–Trinajstić information content (AvgIpc) is 2.94. The van der Waals surface area contributed by atoms with Gasteiger partial charge in [-0.15, -0.1) is 0 Å². The summed E-state index contributed by atoms with van der Waals surface area (Å²) in [6.07, 6.45) is 1.22. The van der Waals surface area contributed by atoms with Crippen molar-refractivity contribution in [2.45, 2.75) is 19.4 Å². The molecule has 1 aliphatic heterocycles. The molecular formula is C18H21NO3. The van der Waals surface area contributed by atoms with Crippen molar-refractivity contribution in [3.8, 4) is 5.75 Å². The number of aliphatic carboxylic acids is 1. The van der Waals surface area contributed by atoms with E-state index in [1.165, 1.54) is 16.3 Å². The number of carboxylic acids is 1. The molecule has 0 radical (unpaired) electrons. The van der Waals surface area contributed by atoms with Gasteiger partial charge in [-0.05, 0) is 35.7 Å². The monoisotopic (exact) mass is 299 g/mol. The molecule has 0 amide bonds. The minimum absolute atomic E-state index is 0.262. The summed E-state index contributed by atoms with van der Waals surface area (Å²) in [6, 6.07) is 12.4. The molecule has 1 aliphatic rings. The Morgan fingerprint density at radius 3 is 2.91 bits per heavy atom. The van der Waals surface area contributed by atoms with Crippen LogP contribution in [0.25, 0.3) is 10.8 Å². The van der Waals surface area contributed by atoms with Gasteiger partial charge in [0.05, 0.1) is 7.11 Å². The number of methoxy groups -OCH3 is 1. The minimum atomic E-state index is -0.699. The van der Waals surface area contributed by atoms with Gasteiger partial charge in [-0.1, -0.05) is 30.3 Å². The van der Waals surface area contributed by atoms with Gasteiger partial charge in [0.25, 0.3) is 0 Å². The predicted molar refractivity (Wildman–Crippen MR) is 86.1 cm³/mol. The van der Waals surface area contributed by atoms with E-state index in [-0.39, 0.29) is 12.3 Å². The summed E-state index contributed by atoms with van der Waals surface area (Å²) in [5, 5.41) is 11.4. The Balaban J connectivity index is 1.83. The molecule has 1 saturated heterocycles. The minimum Gasteiger partial charge on any atom is -0.496 e. The molecule has 0 bridgehead atoms. The van der Waals surface area contributed by atoms with Crippen molar-refractivity contribution < 1.29 is 14.6 Å². The maximum absolute atomic E-state index is 10.9. The molecule has 0 saturated carbocycles. The van der Waals surface area contributed by atoms with Gasteiger partial charge in [0.1, 0.15) is 5.75 Å². The maximum Gasteiger partial charge on any atom is 0.303 e. The van der Waals surface area contributed by atoms with Gasteiger partial charge < -0.3 is 9.84 Å². The molecule has 2 aromatic carbocycles. The highest BCUT2D eigenvalue weighted by atomic mass is 16.5. The van der Waals surface area contributed by atoms with Crippen LogP contribution in [0.2, 0.25) is 0 Å². The molecule has 0 aromatic heterocycles. The number of hydrogen-bond acceptors (Lipinski definition) is 3. The number of carbonyl (C=O) groups is 1. The largest absolute Gasteiger partial charge is 0.496 e. The number of carboxylic acid groups (broad SMARTS) is 1. The molecule has 2 aromatic rings. The topological polar surface area (TPSA) is 49.8 Å². The van der Waals surface area contributed by atoms with Crippen LogP contribution in [0.3, 0.4) is 0 Å². The molecule has 4 nitrogen and oxygen atoms in total. The van der Waals surface area contributed by atoms with Gasteiger partial charge in [-0.25, -0.2) is 0 Å². The van der Waals surface area contributed by atoms with Gasteiger partial charge >= 0.3 is 5.97 Å². The number of nitrogens with zero attached hydrogens (tertiary/aromatic N) is 1. The Morgan fingerprint density at radius 2 is 2.14 bits per heavy atom. The normalized spacial score (nSPS) is 18.7. The molecule has 22 heavy (non-hydrogen) atoms. The molecule has 4 heteroatoms. The van der Waals surface area contributed by atoms with Crippen molar-refractivity contribution in [1.82, 2.24) is 4.90 Å². The first kappa shape index (κ1) is 14.9. The number of rotatable bonds is 5. The molecule has 0 unspecified atom stereocenters. The lowest BCUT2D eigenvalue weighted by atomic mass is 10.0. The maximum atomic E-state index is 10.9. The number of hydrogen-bond donors (Lipinski definition) is 1. The second kappa shape index (κ2) is 6.36. The first-order chi connectivity index (χ1) is 10.7. The van der Waals surface area contributed by atoms with Crippen LogP contribution in [0.1, 0.15) is 18.4 Å². The molecule has 116 valence electrons. The predicted octanol–water partition coefficient (Wildman–Crippen LogP) is 3.15. The van der Waals surface area contributed by atoms with Crippen LogP contribution in [0.4, 0.5) is 0 Å². The summed E-state index contributed by atoms with van der Waals surface area (Å²) in [6.45, 7) is 2.60. The lowest BCUT2D eigenvalue weighted by Crippen LogP contribution is -2.21. The summed E-state index contributed by atoms with van der Waals surface area (Å²) in [5.41, 5.74) is 1.19. The van der Waals surface area contributed by atoms with Gasteiger partial charge in [0, 0.05) is 25.1 Å². The molecule has 1 heterocycles. The molecule has 1 N–H and O–H groups in total. The lowest BCUT2D eigenvalue weighted by molar-refractivity contribution is -0.138. The van der Waals surface area contributed by atoms with Gasteiger partial charge in [-0.3, -0.25) is 9.69 Å². The van der Waals surface area contributed by atoms with Crippen molar-refractivity contribution in [2.24, 2.45) is 5.92 Å². The van der Waals surface area contributed by atoms with Crippen molar-refractivity contribution in [1.29, 1.82) is 0 Å². The third-order valence-electron chi connectivity index (χ3n) is 4.43. The SMILES string of the molecule is COc1ccc2ccccc2c1CN1CC[C@H](CC(=O)O)C1. The second-order valence-corrected chi connectivity index (χ2v) is 5.96. The van der Waals surface area contributed by atoms with Gasteiger partial charge in [-0.2, -0.15) is 0 Å². The average molecular weight is 299 g/mol. The first-order valence-electron chi connectivity index (χ1n) is 7.66. The Bertz CT molecular complexity index is 683. The smallest absolute Gasteiger partial charge is 0.303 e. The summed E-state index contributed by atoms with van der Waals surface area (Å²) in [7, 11) is 1.70. The van der Waals surface area contributed by atoms with E-state index in [0.29, 0.717) is 0 Å². The summed E-state index contributed by atoms with van der Waals surface area (Å²) in [5.74, 6) is 0.466. The molecule has 0 spiro atoms. The van der Waals surface area contributed by atoms with Crippen LogP contribution in [-0.4, -0.2) is 36.2 Å². The Morgan fingerprint density at radius 1 is 1.32 bits per heavy atom. The highest BCUT2D eigenvalue weighted by Crippen LogP contribution is 2.31. The van der Waals surface area contributed by atoms with E-state index in [1.54, 1.807) is 7.11 Å². The zero-order chi connectivity index (χ0) is 15.5. The van der Waals surface area contributed by atoms with E-state index in [4.69, 9.17) is 9.84 Å². The Labute approximate surface area is 130 Å². The van der Waals surface area contributed by atoms with Crippen molar-refractivity contribution in [3.63, 3.8) is 0 Å². The first-order valence-corrected chi connectivity index (χ1v) is 7.66. The fraction of sp³-hybridized carbons (Fsp3) is 0.389. The number of likely N-dealkylation sites (tertiary alicyclic amines) is 1.